The van der Waals surface area contributed by atoms with Crippen LogP contribution in [0.5, 0.6) is 0 Å². The number of allylic oxidation sites excluding steroid dienone is 1. The lowest BCUT2D eigenvalue weighted by molar-refractivity contribution is -0.384. The van der Waals surface area contributed by atoms with Gasteiger partial charge in [-0.3, -0.25) is 10.1 Å². The molecule has 0 aliphatic rings. The standard InChI is InChI=1S/C29H24N8O2S/c1-19-27(24(33-34-28(30)31)16-15-20-9-8-14-23(17-20)37(38)39)40-29(32-19)36-26(22-12-6-3-7-13-22)18-25(35-36)21-10-4-2-5-11-21/h2-18H,1H3,(H4,30,31,34)/b16-15+,33-24+. The molecule has 5 aromatic rings. The lowest BCUT2D eigenvalue weighted by Crippen LogP contribution is -2.22. The predicted molar refractivity (Wildman–Crippen MR) is 159 cm³/mol. The second-order valence-electron chi connectivity index (χ2n) is 8.67. The number of hydrogen-bond donors (Lipinski definition) is 2. The van der Waals surface area contributed by atoms with Crippen LogP contribution in [-0.2, 0) is 0 Å². The average Bonchev–Trinajstić information content (AvgIpc) is 3.58. The Balaban J connectivity index is 1.59. The van der Waals surface area contributed by atoms with Crippen LogP contribution in [0.25, 0.3) is 33.7 Å². The van der Waals surface area contributed by atoms with Crippen LogP contribution in [0.2, 0.25) is 0 Å². The summed E-state index contributed by atoms with van der Waals surface area (Å²) < 4.78 is 1.82. The van der Waals surface area contributed by atoms with Crippen molar-refractivity contribution < 1.29 is 4.92 Å². The van der Waals surface area contributed by atoms with Gasteiger partial charge in [0.05, 0.1) is 26.9 Å². The number of nitro groups is 1. The molecule has 0 fully saturated rings. The van der Waals surface area contributed by atoms with Crippen molar-refractivity contribution in [1.82, 2.24) is 14.8 Å². The summed E-state index contributed by atoms with van der Waals surface area (Å²) in [4.78, 5) is 16.3. The minimum absolute atomic E-state index is 0.0116. The molecule has 0 radical (unpaired) electrons. The predicted octanol–water partition coefficient (Wildman–Crippen LogP) is 5.57. The molecule has 0 atom stereocenters. The topological polar surface area (TPSA) is 151 Å². The van der Waals surface area contributed by atoms with Crippen molar-refractivity contribution in [2.24, 2.45) is 21.7 Å². The van der Waals surface area contributed by atoms with E-state index in [2.05, 4.69) is 10.2 Å². The number of nitro benzene ring substituents is 1. The van der Waals surface area contributed by atoms with Crippen molar-refractivity contribution in [3.05, 3.63) is 123 Å². The third kappa shape index (κ3) is 5.84. The molecule has 5 rings (SSSR count). The maximum Gasteiger partial charge on any atom is 0.270 e. The molecule has 0 unspecified atom stereocenters. The maximum absolute atomic E-state index is 11.2. The summed E-state index contributed by atoms with van der Waals surface area (Å²) in [5.74, 6) is -0.199. The Kier molecular flexibility index (Phi) is 7.56. The smallest absolute Gasteiger partial charge is 0.270 e. The average molecular weight is 549 g/mol. The first-order chi connectivity index (χ1) is 19.4. The van der Waals surface area contributed by atoms with E-state index in [0.717, 1.165) is 27.4 Å². The number of rotatable bonds is 8. The van der Waals surface area contributed by atoms with Gasteiger partial charge in [-0.05, 0) is 24.6 Å². The van der Waals surface area contributed by atoms with Gasteiger partial charge in [-0.1, -0.05) is 90.2 Å². The lowest BCUT2D eigenvalue weighted by Gasteiger charge is -2.03. The molecule has 198 valence electrons. The fraction of sp³-hybridized carbons (Fsp3) is 0.0345. The van der Waals surface area contributed by atoms with Gasteiger partial charge in [0.25, 0.3) is 5.69 Å². The van der Waals surface area contributed by atoms with Crippen molar-refractivity contribution in [3.63, 3.8) is 0 Å². The lowest BCUT2D eigenvalue weighted by atomic mass is 10.1. The van der Waals surface area contributed by atoms with Crippen LogP contribution >= 0.6 is 11.3 Å². The van der Waals surface area contributed by atoms with Crippen LogP contribution in [0.15, 0.2) is 107 Å². The third-order valence-electron chi connectivity index (χ3n) is 5.84. The fourth-order valence-electron chi connectivity index (χ4n) is 3.99. The first-order valence-electron chi connectivity index (χ1n) is 12.2. The summed E-state index contributed by atoms with van der Waals surface area (Å²) in [6.45, 7) is 1.87. The van der Waals surface area contributed by atoms with E-state index in [-0.39, 0.29) is 11.6 Å². The summed E-state index contributed by atoms with van der Waals surface area (Å²) in [5.41, 5.74) is 16.5. The Morgan fingerprint density at radius 2 is 1.65 bits per heavy atom. The molecule has 0 bridgehead atoms. The number of hydrogen-bond acceptors (Lipinski definition) is 7. The number of guanidine groups is 1. The number of aryl methyl sites for hydroxylation is 1. The summed E-state index contributed by atoms with van der Waals surface area (Å²) in [6, 6.07) is 28.2. The zero-order chi connectivity index (χ0) is 28.1. The monoisotopic (exact) mass is 548 g/mol. The van der Waals surface area contributed by atoms with Gasteiger partial charge in [0.1, 0.15) is 5.71 Å². The Labute approximate surface area is 233 Å². The quantitative estimate of drug-likeness (QED) is 0.112. The number of aromatic nitrogens is 3. The highest BCUT2D eigenvalue weighted by Crippen LogP contribution is 2.32. The van der Waals surface area contributed by atoms with Crippen molar-refractivity contribution in [2.45, 2.75) is 6.92 Å². The van der Waals surface area contributed by atoms with E-state index in [1.807, 2.05) is 78.3 Å². The number of thiazole rings is 1. The number of nitrogens with two attached hydrogens (primary N) is 2. The Morgan fingerprint density at radius 1 is 0.950 bits per heavy atom. The summed E-state index contributed by atoms with van der Waals surface area (Å²) in [7, 11) is 0. The molecule has 0 saturated carbocycles. The van der Waals surface area contributed by atoms with E-state index in [0.29, 0.717) is 22.1 Å². The Bertz CT molecular complexity index is 1750. The fourth-order valence-corrected chi connectivity index (χ4v) is 4.98. The van der Waals surface area contributed by atoms with Gasteiger partial charge in [0.2, 0.25) is 11.1 Å². The van der Waals surface area contributed by atoms with E-state index < -0.39 is 4.92 Å². The largest absolute Gasteiger partial charge is 0.369 e. The number of benzene rings is 3. The van der Waals surface area contributed by atoms with Crippen LogP contribution in [-0.4, -0.2) is 31.4 Å². The minimum atomic E-state index is -0.441. The maximum atomic E-state index is 11.2. The van der Waals surface area contributed by atoms with Crippen molar-refractivity contribution in [1.29, 1.82) is 0 Å². The molecule has 0 spiro atoms. The van der Waals surface area contributed by atoms with Crippen molar-refractivity contribution in [2.75, 3.05) is 0 Å². The molecule has 0 amide bonds. The van der Waals surface area contributed by atoms with E-state index in [9.17, 15) is 10.1 Å². The van der Waals surface area contributed by atoms with E-state index in [4.69, 9.17) is 21.5 Å². The molecule has 0 aliphatic heterocycles. The van der Waals surface area contributed by atoms with Crippen LogP contribution < -0.4 is 11.5 Å². The molecular formula is C29H24N8O2S. The van der Waals surface area contributed by atoms with Crippen LogP contribution in [0.1, 0.15) is 16.1 Å². The molecule has 4 N–H and O–H groups in total. The van der Waals surface area contributed by atoms with E-state index in [1.165, 1.54) is 23.5 Å². The van der Waals surface area contributed by atoms with Crippen LogP contribution in [0, 0.1) is 17.0 Å². The molecule has 0 aliphatic carbocycles. The second kappa shape index (κ2) is 11.5. The third-order valence-corrected chi connectivity index (χ3v) is 6.99. The zero-order valence-corrected chi connectivity index (χ0v) is 22.2. The molecule has 40 heavy (non-hydrogen) atoms. The molecular weight excluding hydrogens is 524 g/mol. The summed E-state index contributed by atoms with van der Waals surface area (Å²) in [5, 5.41) is 24.8. The first-order valence-corrected chi connectivity index (χ1v) is 13.0. The van der Waals surface area contributed by atoms with Crippen molar-refractivity contribution >= 4 is 34.8 Å². The Hall–Kier alpha value is -5.42. The first kappa shape index (κ1) is 26.2. The highest BCUT2D eigenvalue weighted by atomic mass is 32.1. The van der Waals surface area contributed by atoms with Crippen molar-refractivity contribution in [3.8, 4) is 27.6 Å². The van der Waals surface area contributed by atoms with Gasteiger partial charge in [-0.15, -0.1) is 10.2 Å². The van der Waals surface area contributed by atoms with Gasteiger partial charge in [0.15, 0.2) is 0 Å². The van der Waals surface area contributed by atoms with E-state index in [1.54, 1.807) is 24.3 Å². The molecule has 2 aromatic heterocycles. The van der Waals surface area contributed by atoms with Gasteiger partial charge < -0.3 is 11.5 Å². The second-order valence-corrected chi connectivity index (χ2v) is 9.64. The highest BCUT2D eigenvalue weighted by Gasteiger charge is 2.19. The van der Waals surface area contributed by atoms with Crippen LogP contribution in [0.4, 0.5) is 5.69 Å². The molecule has 10 nitrogen and oxygen atoms in total. The molecule has 11 heteroatoms. The number of nitrogens with zero attached hydrogens (tertiary/aromatic N) is 6. The summed E-state index contributed by atoms with van der Waals surface area (Å²) >= 11 is 1.38. The zero-order valence-electron chi connectivity index (χ0n) is 21.4. The van der Waals surface area contributed by atoms with Gasteiger partial charge in [0, 0.05) is 23.3 Å². The minimum Gasteiger partial charge on any atom is -0.369 e. The molecule has 0 saturated heterocycles. The van der Waals surface area contributed by atoms with E-state index >= 15 is 0 Å². The normalized spacial score (nSPS) is 11.6. The molecule has 3 aromatic carbocycles. The summed E-state index contributed by atoms with van der Waals surface area (Å²) in [6.07, 6.45) is 3.41. The van der Waals surface area contributed by atoms with Crippen LogP contribution in [0.3, 0.4) is 0 Å². The molecule has 2 heterocycles. The van der Waals surface area contributed by atoms with Gasteiger partial charge in [-0.2, -0.15) is 5.10 Å². The Morgan fingerprint density at radius 3 is 2.33 bits per heavy atom. The van der Waals surface area contributed by atoms with Gasteiger partial charge >= 0.3 is 0 Å². The van der Waals surface area contributed by atoms with Gasteiger partial charge in [-0.25, -0.2) is 9.67 Å². The SMILES string of the molecule is Cc1nc(-n2nc(-c3ccccc3)cc2-c2ccccc2)sc1C(/C=C/c1cccc([N+](=O)[O-])c1)=N/N=C(N)N. The highest BCUT2D eigenvalue weighted by molar-refractivity contribution is 7.16. The number of non-ortho nitro benzene ring substituents is 1.